The van der Waals surface area contributed by atoms with Crippen molar-refractivity contribution in [2.75, 3.05) is 20.3 Å². The van der Waals surface area contributed by atoms with Crippen LogP contribution in [0, 0.1) is 0 Å². The summed E-state index contributed by atoms with van der Waals surface area (Å²) in [6.07, 6.45) is 0.360. The van der Waals surface area contributed by atoms with E-state index in [4.69, 9.17) is 26.2 Å². The van der Waals surface area contributed by atoms with Gasteiger partial charge in [-0.1, -0.05) is 11.6 Å². The Balaban J connectivity index is 2.57. The molecule has 0 heterocycles. The van der Waals surface area contributed by atoms with Crippen molar-refractivity contribution in [3.8, 4) is 11.5 Å². The Morgan fingerprint density at radius 1 is 1.32 bits per heavy atom. The summed E-state index contributed by atoms with van der Waals surface area (Å²) in [6, 6.07) is 3.57. The van der Waals surface area contributed by atoms with Crippen molar-refractivity contribution in [2.45, 2.75) is 26.2 Å². The fraction of sp³-hybridized carbons (Fsp3) is 0.467. The largest absolute Gasteiger partial charge is 0.493 e. The van der Waals surface area contributed by atoms with Crippen LogP contribution < -0.4 is 14.8 Å². The first-order valence-corrected chi connectivity index (χ1v) is 7.33. The molecule has 122 valence electrons. The van der Waals surface area contributed by atoms with Gasteiger partial charge in [-0.15, -0.1) is 0 Å². The summed E-state index contributed by atoms with van der Waals surface area (Å²) in [6.45, 7) is 2.73. The van der Waals surface area contributed by atoms with Crippen LogP contribution in [-0.4, -0.2) is 37.2 Å². The van der Waals surface area contributed by atoms with Crippen molar-refractivity contribution in [2.24, 2.45) is 0 Å². The third kappa shape index (κ3) is 5.81. The molecule has 0 radical (unpaired) electrons. The monoisotopic (exact) mass is 329 g/mol. The van der Waals surface area contributed by atoms with E-state index in [9.17, 15) is 9.59 Å². The highest BCUT2D eigenvalue weighted by molar-refractivity contribution is 6.32. The van der Waals surface area contributed by atoms with Gasteiger partial charge in [0.15, 0.2) is 11.5 Å². The molecule has 0 unspecified atom stereocenters. The van der Waals surface area contributed by atoms with Gasteiger partial charge in [0.1, 0.15) is 0 Å². The zero-order valence-electron chi connectivity index (χ0n) is 12.6. The summed E-state index contributed by atoms with van der Waals surface area (Å²) in [5.41, 5.74) is 0.892. The van der Waals surface area contributed by atoms with Crippen LogP contribution in [0.1, 0.15) is 25.3 Å². The van der Waals surface area contributed by atoms with Crippen molar-refractivity contribution in [1.29, 1.82) is 0 Å². The molecule has 0 saturated carbocycles. The fourth-order valence-electron chi connectivity index (χ4n) is 1.86. The second-order valence-electron chi connectivity index (χ2n) is 4.54. The van der Waals surface area contributed by atoms with Crippen molar-refractivity contribution in [3.05, 3.63) is 22.7 Å². The van der Waals surface area contributed by atoms with Gasteiger partial charge in [-0.3, -0.25) is 9.59 Å². The third-order valence-corrected chi connectivity index (χ3v) is 3.16. The van der Waals surface area contributed by atoms with Gasteiger partial charge in [0, 0.05) is 13.0 Å². The number of hydrogen-bond donors (Lipinski definition) is 2. The maximum atomic E-state index is 11.4. The van der Waals surface area contributed by atoms with E-state index in [1.165, 1.54) is 7.11 Å². The van der Waals surface area contributed by atoms with Gasteiger partial charge >= 0.3 is 5.97 Å². The minimum atomic E-state index is -0.988. The Hall–Kier alpha value is -1.95. The average molecular weight is 330 g/mol. The molecule has 0 spiro atoms. The highest BCUT2D eigenvalue weighted by atomic mass is 35.5. The summed E-state index contributed by atoms with van der Waals surface area (Å²) in [7, 11) is 1.53. The van der Waals surface area contributed by atoms with Crippen LogP contribution in [0.25, 0.3) is 0 Å². The number of ether oxygens (including phenoxy) is 2. The van der Waals surface area contributed by atoms with Crippen LogP contribution in [0.5, 0.6) is 11.5 Å². The number of carbonyl (C=O) groups is 2. The van der Waals surface area contributed by atoms with Crippen LogP contribution in [0.15, 0.2) is 12.1 Å². The van der Waals surface area contributed by atoms with Gasteiger partial charge in [-0.25, -0.2) is 0 Å². The predicted octanol–water partition coefficient (Wildman–Crippen LogP) is 2.27. The number of amides is 1. The summed E-state index contributed by atoms with van der Waals surface area (Å²) in [4.78, 5) is 21.8. The molecular weight excluding hydrogens is 310 g/mol. The Bertz CT molecular complexity index is 533. The molecule has 7 heteroatoms. The zero-order valence-corrected chi connectivity index (χ0v) is 13.4. The first-order valence-electron chi connectivity index (χ1n) is 6.95. The second kappa shape index (κ2) is 9.15. The number of carboxylic acid groups (broad SMARTS) is 1. The molecule has 1 amide bonds. The molecule has 2 N–H and O–H groups in total. The highest BCUT2D eigenvalue weighted by Crippen LogP contribution is 2.36. The smallest absolute Gasteiger partial charge is 0.303 e. The number of halogens is 1. The molecule has 0 fully saturated rings. The molecule has 22 heavy (non-hydrogen) atoms. The van der Waals surface area contributed by atoms with E-state index in [2.05, 4.69) is 5.32 Å². The molecule has 0 saturated heterocycles. The number of carboxylic acids is 1. The molecule has 1 aromatic rings. The summed E-state index contributed by atoms with van der Waals surface area (Å²) < 4.78 is 10.7. The molecule has 1 rings (SSSR count). The summed E-state index contributed by atoms with van der Waals surface area (Å²) in [5, 5.41) is 11.6. The van der Waals surface area contributed by atoms with E-state index in [0.29, 0.717) is 36.1 Å². The molecular formula is C15H20ClNO5. The Labute approximate surface area is 134 Å². The number of carbonyl (C=O) groups excluding carboxylic acids is 1. The maximum Gasteiger partial charge on any atom is 0.303 e. The summed E-state index contributed by atoms with van der Waals surface area (Å²) in [5.74, 6) is -0.230. The third-order valence-electron chi connectivity index (χ3n) is 2.88. The lowest BCUT2D eigenvalue weighted by atomic mass is 10.1. The molecule has 0 aliphatic heterocycles. The molecule has 6 nitrogen and oxygen atoms in total. The van der Waals surface area contributed by atoms with Gasteiger partial charge in [-0.2, -0.15) is 0 Å². The number of aliphatic carboxylic acids is 1. The number of hydrogen-bond acceptors (Lipinski definition) is 4. The van der Waals surface area contributed by atoms with E-state index in [0.717, 1.165) is 5.56 Å². The van der Waals surface area contributed by atoms with Crippen LogP contribution in [0.3, 0.4) is 0 Å². The van der Waals surface area contributed by atoms with Crippen molar-refractivity contribution >= 4 is 23.5 Å². The van der Waals surface area contributed by atoms with Gasteiger partial charge in [0.05, 0.1) is 25.2 Å². The lowest BCUT2D eigenvalue weighted by molar-refractivity contribution is -0.138. The van der Waals surface area contributed by atoms with Gasteiger partial charge in [0.2, 0.25) is 5.91 Å². The molecule has 0 aliphatic rings. The average Bonchev–Trinajstić information content (AvgIpc) is 2.47. The SMILES string of the molecule is CCOc1c(Cl)cc(CCNC(=O)CCC(=O)O)cc1OC. The molecule has 0 aromatic heterocycles. The minimum absolute atomic E-state index is 0.0251. The molecule has 1 aromatic carbocycles. The normalized spacial score (nSPS) is 10.1. The van der Waals surface area contributed by atoms with Crippen molar-refractivity contribution in [3.63, 3.8) is 0 Å². The van der Waals surface area contributed by atoms with E-state index in [-0.39, 0.29) is 18.7 Å². The van der Waals surface area contributed by atoms with E-state index >= 15 is 0 Å². The van der Waals surface area contributed by atoms with Crippen molar-refractivity contribution in [1.82, 2.24) is 5.32 Å². The Morgan fingerprint density at radius 3 is 2.64 bits per heavy atom. The molecule has 0 bridgehead atoms. The Morgan fingerprint density at radius 2 is 2.05 bits per heavy atom. The second-order valence-corrected chi connectivity index (χ2v) is 4.94. The van der Waals surface area contributed by atoms with Gasteiger partial charge < -0.3 is 19.9 Å². The first-order chi connectivity index (χ1) is 10.5. The standard InChI is InChI=1S/C15H20ClNO5/c1-3-22-15-11(16)8-10(9-12(15)21-2)6-7-17-13(18)4-5-14(19)20/h8-9H,3-7H2,1-2H3,(H,17,18)(H,19,20). The topological polar surface area (TPSA) is 84.9 Å². The lowest BCUT2D eigenvalue weighted by Gasteiger charge is -2.13. The number of methoxy groups -OCH3 is 1. The van der Waals surface area contributed by atoms with Crippen LogP contribution in [-0.2, 0) is 16.0 Å². The van der Waals surface area contributed by atoms with Crippen LogP contribution >= 0.6 is 11.6 Å². The van der Waals surface area contributed by atoms with E-state index < -0.39 is 5.97 Å². The molecule has 0 atom stereocenters. The van der Waals surface area contributed by atoms with Gasteiger partial charge in [0.25, 0.3) is 0 Å². The number of benzene rings is 1. The fourth-order valence-corrected chi connectivity index (χ4v) is 2.14. The minimum Gasteiger partial charge on any atom is -0.493 e. The highest BCUT2D eigenvalue weighted by Gasteiger charge is 2.12. The first kappa shape index (κ1) is 18.1. The van der Waals surface area contributed by atoms with Crippen LogP contribution in [0.4, 0.5) is 0 Å². The quantitative estimate of drug-likeness (QED) is 0.726. The zero-order chi connectivity index (χ0) is 16.5. The predicted molar refractivity (Wildman–Crippen MR) is 82.8 cm³/mol. The van der Waals surface area contributed by atoms with E-state index in [1.807, 2.05) is 6.92 Å². The number of nitrogens with one attached hydrogen (secondary N) is 1. The van der Waals surface area contributed by atoms with E-state index in [1.54, 1.807) is 12.1 Å². The maximum absolute atomic E-state index is 11.4. The Kier molecular flexibility index (Phi) is 7.52. The summed E-state index contributed by atoms with van der Waals surface area (Å²) >= 11 is 6.16. The van der Waals surface area contributed by atoms with Crippen molar-refractivity contribution < 1.29 is 24.2 Å². The van der Waals surface area contributed by atoms with Gasteiger partial charge in [-0.05, 0) is 31.0 Å². The number of rotatable bonds is 9. The lowest BCUT2D eigenvalue weighted by Crippen LogP contribution is -2.26. The molecule has 0 aliphatic carbocycles. The van der Waals surface area contributed by atoms with Crippen LogP contribution in [0.2, 0.25) is 5.02 Å².